The van der Waals surface area contributed by atoms with Gasteiger partial charge in [0, 0.05) is 0 Å². The van der Waals surface area contributed by atoms with E-state index in [2.05, 4.69) is 0 Å². The van der Waals surface area contributed by atoms with Crippen molar-refractivity contribution >= 4 is 23.2 Å². The van der Waals surface area contributed by atoms with E-state index in [1.807, 2.05) is 6.92 Å². The van der Waals surface area contributed by atoms with Crippen LogP contribution in [0.15, 0.2) is 0 Å². The molecule has 40 valence electrons. The first-order chi connectivity index (χ1) is 3.31. The molecule has 7 heavy (non-hydrogen) atoms. The molecule has 0 aromatic heterocycles. The highest BCUT2D eigenvalue weighted by atomic mass is 32.2. The van der Waals surface area contributed by atoms with Gasteiger partial charge in [-0.25, -0.2) is 0 Å². The average Bonchev–Trinajstić information content (AvgIpc) is 1.68. The Kier molecular flexibility index (Phi) is 3.69. The lowest BCUT2D eigenvalue weighted by Gasteiger charge is -1.80. The van der Waals surface area contributed by atoms with Crippen molar-refractivity contribution < 1.29 is 9.59 Å². The maximum absolute atomic E-state index is 10.0. The average molecular weight is 118 g/mol. The number of thioether (sulfide) groups is 1. The highest BCUT2D eigenvalue weighted by Crippen LogP contribution is 1.95. The lowest BCUT2D eigenvalue weighted by molar-refractivity contribution is -0.124. The second kappa shape index (κ2) is 3.87. The van der Waals surface area contributed by atoms with Crippen molar-refractivity contribution in [2.45, 2.75) is 6.92 Å². The number of aldehydes is 1. The van der Waals surface area contributed by atoms with Crippen LogP contribution in [0.25, 0.3) is 0 Å². The molecule has 0 fully saturated rings. The highest BCUT2D eigenvalue weighted by molar-refractivity contribution is 8.15. The van der Waals surface area contributed by atoms with Gasteiger partial charge < -0.3 is 0 Å². The van der Waals surface area contributed by atoms with Crippen molar-refractivity contribution in [3.63, 3.8) is 0 Å². The number of hydrogen-bond donors (Lipinski definition) is 0. The zero-order valence-electron chi connectivity index (χ0n) is 4.01. The molecule has 0 radical (unpaired) electrons. The summed E-state index contributed by atoms with van der Waals surface area (Å²) in [5.74, 6) is 0.678. The zero-order valence-corrected chi connectivity index (χ0v) is 4.83. The number of hydrogen-bond acceptors (Lipinski definition) is 3. The van der Waals surface area contributed by atoms with E-state index in [0.29, 0.717) is 12.0 Å². The lowest BCUT2D eigenvalue weighted by atomic mass is 10.9. The second-order valence-corrected chi connectivity index (χ2v) is 2.14. The maximum Gasteiger partial charge on any atom is 0.251 e. The molecule has 2 nitrogen and oxygen atoms in total. The largest absolute Gasteiger partial charge is 0.294 e. The van der Waals surface area contributed by atoms with Crippen molar-refractivity contribution in [1.29, 1.82) is 0 Å². The summed E-state index contributed by atoms with van der Waals surface area (Å²) in [4.78, 5) is 19.5. The lowest BCUT2D eigenvalue weighted by Crippen LogP contribution is -1.90. The van der Waals surface area contributed by atoms with Crippen LogP contribution in [0.3, 0.4) is 0 Å². The molecule has 0 saturated heterocycles. The van der Waals surface area contributed by atoms with Crippen LogP contribution in [-0.4, -0.2) is 17.2 Å². The normalized spacial score (nSPS) is 8.14. The minimum atomic E-state index is -0.387. The molecule has 0 aliphatic rings. The van der Waals surface area contributed by atoms with Crippen LogP contribution in [0.5, 0.6) is 0 Å². The minimum Gasteiger partial charge on any atom is -0.294 e. The first-order valence-corrected chi connectivity index (χ1v) is 2.91. The summed E-state index contributed by atoms with van der Waals surface area (Å²) in [5.41, 5.74) is 0. The van der Waals surface area contributed by atoms with Crippen LogP contribution in [-0.2, 0) is 9.59 Å². The van der Waals surface area contributed by atoms with Gasteiger partial charge in [-0.2, -0.15) is 0 Å². The monoisotopic (exact) mass is 118 g/mol. The van der Waals surface area contributed by atoms with Crippen molar-refractivity contribution in [3.8, 4) is 0 Å². The first-order valence-electron chi connectivity index (χ1n) is 1.93. The van der Waals surface area contributed by atoms with Gasteiger partial charge in [0.05, 0.1) is 0 Å². The van der Waals surface area contributed by atoms with E-state index in [4.69, 9.17) is 0 Å². The highest BCUT2D eigenvalue weighted by Gasteiger charge is 1.92. The Labute approximate surface area is 46.3 Å². The smallest absolute Gasteiger partial charge is 0.251 e. The standard InChI is InChI=1S/C4H6O2S/c1-2-7-4(6)3-5/h3H,2H2,1H3. The quantitative estimate of drug-likeness (QED) is 0.390. The Morgan fingerprint density at radius 1 is 1.86 bits per heavy atom. The molecule has 0 bridgehead atoms. The van der Waals surface area contributed by atoms with Crippen LogP contribution >= 0.6 is 11.8 Å². The molecule has 0 saturated carbocycles. The molecule has 0 rings (SSSR count). The molecule has 0 aliphatic carbocycles. The van der Waals surface area contributed by atoms with Crippen LogP contribution < -0.4 is 0 Å². The first kappa shape index (κ1) is 6.69. The molecular weight excluding hydrogens is 112 g/mol. The maximum atomic E-state index is 10.0. The Hall–Kier alpha value is -0.310. The molecule has 0 N–H and O–H groups in total. The zero-order chi connectivity index (χ0) is 5.70. The van der Waals surface area contributed by atoms with Crippen LogP contribution in [0, 0.1) is 0 Å². The van der Waals surface area contributed by atoms with E-state index >= 15 is 0 Å². The third-order valence-corrected chi connectivity index (χ3v) is 1.05. The van der Waals surface area contributed by atoms with Gasteiger partial charge in [0.15, 0.2) is 6.29 Å². The van der Waals surface area contributed by atoms with Crippen molar-refractivity contribution in [1.82, 2.24) is 0 Å². The fourth-order valence-corrected chi connectivity index (χ4v) is 0.529. The summed E-state index contributed by atoms with van der Waals surface area (Å²) in [5, 5.41) is -0.387. The summed E-state index contributed by atoms with van der Waals surface area (Å²) >= 11 is 1.02. The fourth-order valence-electron chi connectivity index (χ4n) is 0.176. The van der Waals surface area contributed by atoms with E-state index < -0.39 is 0 Å². The molecule has 0 heterocycles. The predicted molar refractivity (Wildman–Crippen MR) is 29.2 cm³/mol. The SMILES string of the molecule is CCSC(=O)C=O. The van der Waals surface area contributed by atoms with Crippen molar-refractivity contribution in [2.75, 3.05) is 5.75 Å². The van der Waals surface area contributed by atoms with Crippen LogP contribution in [0.1, 0.15) is 6.92 Å². The van der Waals surface area contributed by atoms with Gasteiger partial charge >= 0.3 is 0 Å². The Bertz CT molecular complexity index is 79.8. The van der Waals surface area contributed by atoms with Crippen LogP contribution in [0.4, 0.5) is 0 Å². The van der Waals surface area contributed by atoms with E-state index in [0.717, 1.165) is 11.8 Å². The molecule has 0 spiro atoms. The van der Waals surface area contributed by atoms with Gasteiger partial charge in [-0.05, 0) is 5.75 Å². The molecule has 0 aliphatic heterocycles. The summed E-state index contributed by atoms with van der Waals surface area (Å²) in [7, 11) is 0. The van der Waals surface area contributed by atoms with Crippen molar-refractivity contribution in [3.05, 3.63) is 0 Å². The topological polar surface area (TPSA) is 34.1 Å². The van der Waals surface area contributed by atoms with Gasteiger partial charge in [0.25, 0.3) is 5.12 Å². The van der Waals surface area contributed by atoms with Gasteiger partial charge in [0.1, 0.15) is 0 Å². The Morgan fingerprint density at radius 2 is 2.43 bits per heavy atom. The van der Waals surface area contributed by atoms with Gasteiger partial charge in [-0.3, -0.25) is 9.59 Å². The fraction of sp³-hybridized carbons (Fsp3) is 0.500. The predicted octanol–water partition coefficient (Wildman–Crippen LogP) is 0.465. The molecule has 3 heteroatoms. The molecular formula is C4H6O2S. The third kappa shape index (κ3) is 3.52. The Balaban J connectivity index is 3.17. The molecule has 0 aromatic carbocycles. The molecule has 0 aromatic rings. The van der Waals surface area contributed by atoms with E-state index in [1.165, 1.54) is 0 Å². The Morgan fingerprint density at radius 3 is 2.57 bits per heavy atom. The van der Waals surface area contributed by atoms with Crippen molar-refractivity contribution in [2.24, 2.45) is 0 Å². The number of carbonyl (C=O) groups is 2. The molecule has 0 atom stereocenters. The van der Waals surface area contributed by atoms with Gasteiger partial charge in [-0.15, -0.1) is 0 Å². The summed E-state index contributed by atoms with van der Waals surface area (Å²) in [6.07, 6.45) is 0.328. The second-order valence-electron chi connectivity index (χ2n) is 0.870. The third-order valence-electron chi connectivity index (χ3n) is 0.383. The molecule has 0 unspecified atom stereocenters. The molecule has 0 amide bonds. The van der Waals surface area contributed by atoms with Crippen LogP contribution in [0.2, 0.25) is 0 Å². The number of carbonyl (C=O) groups excluding carboxylic acids is 2. The number of rotatable bonds is 2. The summed E-state index contributed by atoms with van der Waals surface area (Å²) < 4.78 is 0. The van der Waals surface area contributed by atoms with Gasteiger partial charge in [-0.1, -0.05) is 18.7 Å². The summed E-state index contributed by atoms with van der Waals surface area (Å²) in [6.45, 7) is 1.83. The van der Waals surface area contributed by atoms with Gasteiger partial charge in [0.2, 0.25) is 0 Å². The van der Waals surface area contributed by atoms with E-state index in [1.54, 1.807) is 0 Å². The van der Waals surface area contributed by atoms with E-state index in [9.17, 15) is 9.59 Å². The minimum absolute atomic E-state index is 0.328. The summed E-state index contributed by atoms with van der Waals surface area (Å²) in [6, 6.07) is 0. The van der Waals surface area contributed by atoms with E-state index in [-0.39, 0.29) is 5.12 Å².